The molecule has 76 valence electrons. The topological polar surface area (TPSA) is 72.5 Å². The van der Waals surface area contributed by atoms with E-state index in [2.05, 4.69) is 10.1 Å². The van der Waals surface area contributed by atoms with Gasteiger partial charge >= 0.3 is 11.9 Å². The number of carbonyl (C=O) groups excluding carboxylic acids is 3. The number of rotatable bonds is 1. The minimum Gasteiger partial charge on any atom is -0.386 e. The maximum Gasteiger partial charge on any atom is 0.346 e. The standard InChI is InChI=1S/C10H7NO4/c1-5(12)11-6-2-3-7-8(4-6)10(14)15-9(7)13/h2-4H,1H3,(H,11,12). The molecule has 1 aromatic carbocycles. The Labute approximate surface area is 85.0 Å². The number of carbonyl (C=O) groups is 3. The minimum absolute atomic E-state index is 0.186. The number of ether oxygens (including phenoxy) is 1. The van der Waals surface area contributed by atoms with Crippen LogP contribution >= 0.6 is 0 Å². The largest absolute Gasteiger partial charge is 0.386 e. The van der Waals surface area contributed by atoms with Crippen LogP contribution in [0.2, 0.25) is 0 Å². The van der Waals surface area contributed by atoms with Crippen molar-refractivity contribution < 1.29 is 19.1 Å². The number of hydrogen-bond acceptors (Lipinski definition) is 4. The fourth-order valence-corrected chi connectivity index (χ4v) is 1.37. The van der Waals surface area contributed by atoms with Gasteiger partial charge in [-0.3, -0.25) is 4.79 Å². The highest BCUT2D eigenvalue weighted by atomic mass is 16.6. The molecule has 15 heavy (non-hydrogen) atoms. The highest BCUT2D eigenvalue weighted by Crippen LogP contribution is 2.23. The van der Waals surface area contributed by atoms with Crippen molar-refractivity contribution in [1.82, 2.24) is 0 Å². The van der Waals surface area contributed by atoms with Crippen LogP contribution in [0, 0.1) is 0 Å². The first-order valence-electron chi connectivity index (χ1n) is 4.26. The molecule has 0 radical (unpaired) electrons. The van der Waals surface area contributed by atoms with Gasteiger partial charge < -0.3 is 10.1 Å². The van der Waals surface area contributed by atoms with Crippen LogP contribution in [0.4, 0.5) is 5.69 Å². The van der Waals surface area contributed by atoms with Gasteiger partial charge in [0.15, 0.2) is 0 Å². The lowest BCUT2D eigenvalue weighted by Gasteiger charge is -2.01. The monoisotopic (exact) mass is 205 g/mol. The average Bonchev–Trinajstić information content (AvgIpc) is 2.41. The van der Waals surface area contributed by atoms with Gasteiger partial charge in [0.1, 0.15) is 0 Å². The Hall–Kier alpha value is -2.17. The number of anilines is 1. The molecule has 1 heterocycles. The average molecular weight is 205 g/mol. The Morgan fingerprint density at radius 3 is 2.53 bits per heavy atom. The lowest BCUT2D eigenvalue weighted by atomic mass is 10.1. The van der Waals surface area contributed by atoms with Crippen molar-refractivity contribution >= 4 is 23.5 Å². The molecule has 1 aliphatic rings. The van der Waals surface area contributed by atoms with Crippen molar-refractivity contribution in [2.24, 2.45) is 0 Å². The normalized spacial score (nSPS) is 13.4. The summed E-state index contributed by atoms with van der Waals surface area (Å²) in [6.45, 7) is 1.36. The van der Waals surface area contributed by atoms with E-state index in [1.54, 1.807) is 6.07 Å². The highest BCUT2D eigenvalue weighted by molar-refractivity contribution is 6.15. The van der Waals surface area contributed by atoms with E-state index >= 15 is 0 Å². The third-order valence-corrected chi connectivity index (χ3v) is 1.97. The number of benzene rings is 1. The van der Waals surface area contributed by atoms with E-state index in [4.69, 9.17) is 0 Å². The Morgan fingerprint density at radius 2 is 1.87 bits per heavy atom. The van der Waals surface area contributed by atoms with Gasteiger partial charge in [-0.2, -0.15) is 0 Å². The molecule has 0 fully saturated rings. The van der Waals surface area contributed by atoms with Crippen LogP contribution in [-0.2, 0) is 9.53 Å². The summed E-state index contributed by atoms with van der Waals surface area (Å²) in [6, 6.07) is 4.41. The summed E-state index contributed by atoms with van der Waals surface area (Å²) in [7, 11) is 0. The first-order chi connectivity index (χ1) is 7.08. The van der Waals surface area contributed by atoms with E-state index in [0.29, 0.717) is 5.69 Å². The predicted molar refractivity (Wildman–Crippen MR) is 50.5 cm³/mol. The number of nitrogens with one attached hydrogen (secondary N) is 1. The van der Waals surface area contributed by atoms with Crippen molar-refractivity contribution in [1.29, 1.82) is 0 Å². The summed E-state index contributed by atoms with van der Waals surface area (Å²) in [4.78, 5) is 33.0. The molecule has 0 aromatic heterocycles. The van der Waals surface area contributed by atoms with Crippen molar-refractivity contribution in [3.63, 3.8) is 0 Å². The quantitative estimate of drug-likeness (QED) is 0.547. The van der Waals surface area contributed by atoms with E-state index < -0.39 is 11.9 Å². The first-order valence-corrected chi connectivity index (χ1v) is 4.26. The molecule has 0 saturated heterocycles. The number of amides is 1. The van der Waals surface area contributed by atoms with Gasteiger partial charge in [-0.15, -0.1) is 0 Å². The molecular weight excluding hydrogens is 198 g/mol. The molecule has 0 unspecified atom stereocenters. The third-order valence-electron chi connectivity index (χ3n) is 1.97. The molecule has 0 aliphatic carbocycles. The van der Waals surface area contributed by atoms with Crippen LogP contribution in [0.5, 0.6) is 0 Å². The van der Waals surface area contributed by atoms with Crippen LogP contribution in [0.25, 0.3) is 0 Å². The highest BCUT2D eigenvalue weighted by Gasteiger charge is 2.29. The Balaban J connectivity index is 2.42. The Bertz CT molecular complexity index is 478. The number of cyclic esters (lactones) is 2. The maximum absolute atomic E-state index is 11.2. The minimum atomic E-state index is -0.679. The van der Waals surface area contributed by atoms with Gasteiger partial charge in [0.05, 0.1) is 11.1 Å². The number of esters is 2. The van der Waals surface area contributed by atoms with Gasteiger partial charge in [0, 0.05) is 12.6 Å². The molecule has 1 N–H and O–H groups in total. The second kappa shape index (κ2) is 3.20. The molecule has 0 atom stereocenters. The summed E-state index contributed by atoms with van der Waals surface area (Å²) < 4.78 is 4.40. The zero-order chi connectivity index (χ0) is 11.0. The molecule has 1 aliphatic heterocycles. The summed E-state index contributed by atoms with van der Waals surface area (Å²) >= 11 is 0. The second-order valence-electron chi connectivity index (χ2n) is 3.12. The van der Waals surface area contributed by atoms with Crippen molar-refractivity contribution in [3.8, 4) is 0 Å². The lowest BCUT2D eigenvalue weighted by molar-refractivity contribution is -0.114. The lowest BCUT2D eigenvalue weighted by Crippen LogP contribution is -2.06. The summed E-state index contributed by atoms with van der Waals surface area (Å²) in [6.07, 6.45) is 0. The molecule has 0 bridgehead atoms. The molecule has 5 heteroatoms. The Kier molecular flexibility index (Phi) is 2.00. The molecule has 1 aromatic rings. The van der Waals surface area contributed by atoms with Gasteiger partial charge in [-0.1, -0.05) is 0 Å². The fourth-order valence-electron chi connectivity index (χ4n) is 1.37. The Morgan fingerprint density at radius 1 is 1.20 bits per heavy atom. The summed E-state index contributed by atoms with van der Waals surface area (Å²) in [5, 5.41) is 2.51. The van der Waals surface area contributed by atoms with Crippen LogP contribution in [0.15, 0.2) is 18.2 Å². The van der Waals surface area contributed by atoms with Crippen LogP contribution in [-0.4, -0.2) is 17.8 Å². The number of hydrogen-bond donors (Lipinski definition) is 1. The molecule has 5 nitrogen and oxygen atoms in total. The van der Waals surface area contributed by atoms with Crippen molar-refractivity contribution in [2.75, 3.05) is 5.32 Å². The van der Waals surface area contributed by atoms with Crippen LogP contribution in [0.1, 0.15) is 27.6 Å². The number of fused-ring (bicyclic) bond motifs is 1. The zero-order valence-electron chi connectivity index (χ0n) is 7.87. The SMILES string of the molecule is CC(=O)Nc1ccc2c(c1)C(=O)OC2=O. The van der Waals surface area contributed by atoms with E-state index in [9.17, 15) is 14.4 Å². The van der Waals surface area contributed by atoms with E-state index in [0.717, 1.165) is 0 Å². The van der Waals surface area contributed by atoms with Gasteiger partial charge in [0.25, 0.3) is 0 Å². The predicted octanol–water partition coefficient (Wildman–Crippen LogP) is 0.956. The molecule has 0 saturated carbocycles. The second-order valence-corrected chi connectivity index (χ2v) is 3.12. The fraction of sp³-hybridized carbons (Fsp3) is 0.100. The smallest absolute Gasteiger partial charge is 0.346 e. The van der Waals surface area contributed by atoms with E-state index in [1.807, 2.05) is 0 Å². The molecule has 2 rings (SSSR count). The summed E-state index contributed by atoms with van der Waals surface area (Å²) in [5.41, 5.74) is 0.883. The van der Waals surface area contributed by atoms with Crippen LogP contribution < -0.4 is 5.32 Å². The van der Waals surface area contributed by atoms with E-state index in [-0.39, 0.29) is 17.0 Å². The molecule has 0 spiro atoms. The van der Waals surface area contributed by atoms with Gasteiger partial charge in [-0.25, -0.2) is 9.59 Å². The van der Waals surface area contributed by atoms with Crippen molar-refractivity contribution in [2.45, 2.75) is 6.92 Å². The maximum atomic E-state index is 11.2. The van der Waals surface area contributed by atoms with Gasteiger partial charge in [-0.05, 0) is 18.2 Å². The molecule has 1 amide bonds. The van der Waals surface area contributed by atoms with Crippen molar-refractivity contribution in [3.05, 3.63) is 29.3 Å². The third kappa shape index (κ3) is 1.59. The zero-order valence-corrected chi connectivity index (χ0v) is 7.87. The van der Waals surface area contributed by atoms with E-state index in [1.165, 1.54) is 19.1 Å². The first kappa shape index (κ1) is 9.39. The molecular formula is C10H7NO4. The summed E-state index contributed by atoms with van der Waals surface area (Å²) in [5.74, 6) is -1.57. The van der Waals surface area contributed by atoms with Gasteiger partial charge in [0.2, 0.25) is 5.91 Å². The van der Waals surface area contributed by atoms with Crippen LogP contribution in [0.3, 0.4) is 0 Å².